The van der Waals surface area contributed by atoms with E-state index in [0.29, 0.717) is 0 Å². The van der Waals surface area contributed by atoms with Gasteiger partial charge in [0.1, 0.15) is 0 Å². The molecule has 0 aromatic rings. The first kappa shape index (κ1) is 17.3. The van der Waals surface area contributed by atoms with Crippen LogP contribution >= 0.6 is 0 Å². The average Bonchev–Trinajstić information content (AvgIpc) is 2.26. The Balaban J connectivity index is 0. The summed E-state index contributed by atoms with van der Waals surface area (Å²) in [5, 5.41) is 0. The summed E-state index contributed by atoms with van der Waals surface area (Å²) in [7, 11) is 4.25. The van der Waals surface area contributed by atoms with Crippen LogP contribution in [-0.2, 0) is 0 Å². The second-order valence-corrected chi connectivity index (χ2v) is 3.93. The number of rotatable bonds is 7. The van der Waals surface area contributed by atoms with Crippen LogP contribution in [0.5, 0.6) is 0 Å². The smallest absolute Gasteiger partial charge is 0.000988 e. The Labute approximate surface area is 96.6 Å². The van der Waals surface area contributed by atoms with Crippen LogP contribution < -0.4 is 5.73 Å². The fourth-order valence-corrected chi connectivity index (χ4v) is 1.06. The summed E-state index contributed by atoms with van der Waals surface area (Å²) in [5.41, 5.74) is 5.30. The second-order valence-electron chi connectivity index (χ2n) is 3.93. The van der Waals surface area contributed by atoms with Crippen molar-refractivity contribution in [1.82, 2.24) is 9.80 Å². The minimum absolute atomic E-state index is 0.810. The van der Waals surface area contributed by atoms with Crippen molar-refractivity contribution in [3.05, 3.63) is 0 Å². The molecule has 0 aromatic carbocycles. The van der Waals surface area contributed by atoms with Gasteiger partial charge < -0.3 is 15.5 Å². The molecule has 15 heavy (non-hydrogen) atoms. The third-order valence-corrected chi connectivity index (χ3v) is 2.43. The number of hydrogen-bond acceptors (Lipinski definition) is 3. The van der Waals surface area contributed by atoms with Crippen LogP contribution in [0.4, 0.5) is 0 Å². The molecule has 0 saturated heterocycles. The number of nitrogens with zero attached hydrogens (tertiary/aromatic N) is 2. The Morgan fingerprint density at radius 3 is 1.60 bits per heavy atom. The molecule has 0 radical (unpaired) electrons. The first-order valence-corrected chi connectivity index (χ1v) is 6.19. The van der Waals surface area contributed by atoms with Crippen molar-refractivity contribution < 1.29 is 0 Å². The highest BCUT2D eigenvalue weighted by Crippen LogP contribution is 1.82. The summed E-state index contributed by atoms with van der Waals surface area (Å²) in [4.78, 5) is 4.56. The molecule has 0 atom stereocenters. The topological polar surface area (TPSA) is 32.5 Å². The molecule has 0 spiro atoms. The molecule has 3 nitrogen and oxygen atoms in total. The van der Waals surface area contributed by atoms with E-state index in [1.54, 1.807) is 0 Å². The van der Waals surface area contributed by atoms with E-state index in [1.807, 2.05) is 0 Å². The Bertz CT molecular complexity index is 107. The Kier molecular flexibility index (Phi) is 16.0. The fraction of sp³-hybridized carbons (Fsp3) is 1.00. The van der Waals surface area contributed by atoms with Gasteiger partial charge in [0, 0.05) is 0 Å². The molecule has 0 bridgehead atoms. The molecule has 0 rings (SSSR count). The normalized spacial score (nSPS) is 10.4. The standard InChI is InChI=1S/C6H16N2.C6H15N/c1-3-8(2)6-4-5-7;1-4-6-7(3)5-2/h3-7H2,1-2H3;4-6H2,1-3H3. The van der Waals surface area contributed by atoms with Crippen LogP contribution in [-0.4, -0.2) is 56.6 Å². The lowest BCUT2D eigenvalue weighted by atomic mass is 10.4. The van der Waals surface area contributed by atoms with E-state index < -0.39 is 0 Å². The molecule has 0 aliphatic rings. The molecule has 94 valence electrons. The van der Waals surface area contributed by atoms with Crippen LogP contribution in [0.2, 0.25) is 0 Å². The zero-order valence-electron chi connectivity index (χ0n) is 11.4. The maximum atomic E-state index is 5.30. The van der Waals surface area contributed by atoms with E-state index in [1.165, 1.54) is 19.5 Å². The van der Waals surface area contributed by atoms with Crippen molar-refractivity contribution in [2.75, 3.05) is 46.8 Å². The molecule has 0 unspecified atom stereocenters. The minimum Gasteiger partial charge on any atom is -0.330 e. The summed E-state index contributed by atoms with van der Waals surface area (Å²) in [6, 6.07) is 0. The quantitative estimate of drug-likeness (QED) is 0.703. The largest absolute Gasteiger partial charge is 0.330 e. The molecule has 0 amide bonds. The van der Waals surface area contributed by atoms with Crippen molar-refractivity contribution in [1.29, 1.82) is 0 Å². The van der Waals surface area contributed by atoms with Gasteiger partial charge in [0.05, 0.1) is 0 Å². The van der Waals surface area contributed by atoms with Crippen LogP contribution in [0.25, 0.3) is 0 Å². The third-order valence-electron chi connectivity index (χ3n) is 2.43. The Morgan fingerprint density at radius 1 is 0.867 bits per heavy atom. The predicted octanol–water partition coefficient (Wildman–Crippen LogP) is 1.64. The summed E-state index contributed by atoms with van der Waals surface area (Å²) in [6.45, 7) is 12.0. The third kappa shape index (κ3) is 16.5. The van der Waals surface area contributed by atoms with Gasteiger partial charge in [0.25, 0.3) is 0 Å². The first-order chi connectivity index (χ1) is 7.12. The lowest BCUT2D eigenvalue weighted by Gasteiger charge is -2.11. The van der Waals surface area contributed by atoms with Crippen LogP contribution in [0.15, 0.2) is 0 Å². The van der Waals surface area contributed by atoms with Crippen molar-refractivity contribution >= 4 is 0 Å². The van der Waals surface area contributed by atoms with Crippen molar-refractivity contribution in [3.8, 4) is 0 Å². The molecule has 0 fully saturated rings. The summed E-state index contributed by atoms with van der Waals surface area (Å²) < 4.78 is 0. The highest BCUT2D eigenvalue weighted by Gasteiger charge is 1.89. The van der Waals surface area contributed by atoms with Gasteiger partial charge in [-0.1, -0.05) is 20.8 Å². The van der Waals surface area contributed by atoms with Crippen LogP contribution in [0, 0.1) is 0 Å². The van der Waals surface area contributed by atoms with Crippen LogP contribution in [0.3, 0.4) is 0 Å². The van der Waals surface area contributed by atoms with Crippen LogP contribution in [0.1, 0.15) is 33.6 Å². The van der Waals surface area contributed by atoms with Gasteiger partial charge in [-0.3, -0.25) is 0 Å². The molecule has 0 heterocycles. The number of nitrogens with two attached hydrogens (primary N) is 1. The molecule has 0 aromatic heterocycles. The van der Waals surface area contributed by atoms with Gasteiger partial charge in [-0.2, -0.15) is 0 Å². The average molecular weight is 217 g/mol. The van der Waals surface area contributed by atoms with Gasteiger partial charge in [0.2, 0.25) is 0 Å². The van der Waals surface area contributed by atoms with Gasteiger partial charge in [-0.15, -0.1) is 0 Å². The highest BCUT2D eigenvalue weighted by atomic mass is 15.1. The van der Waals surface area contributed by atoms with Crippen molar-refractivity contribution in [3.63, 3.8) is 0 Å². The van der Waals surface area contributed by atoms with E-state index in [9.17, 15) is 0 Å². The summed E-state index contributed by atoms with van der Waals surface area (Å²) in [6.07, 6.45) is 2.38. The molecule has 3 heteroatoms. The van der Waals surface area contributed by atoms with E-state index >= 15 is 0 Å². The van der Waals surface area contributed by atoms with Gasteiger partial charge in [-0.25, -0.2) is 0 Å². The number of hydrogen-bond donors (Lipinski definition) is 1. The molecule has 0 aliphatic carbocycles. The molecule has 0 aliphatic heterocycles. The summed E-state index contributed by atoms with van der Waals surface area (Å²) in [5.74, 6) is 0. The fourth-order valence-electron chi connectivity index (χ4n) is 1.06. The van der Waals surface area contributed by atoms with E-state index in [0.717, 1.165) is 26.1 Å². The molecule has 2 N–H and O–H groups in total. The van der Waals surface area contributed by atoms with E-state index in [-0.39, 0.29) is 0 Å². The Morgan fingerprint density at radius 2 is 1.33 bits per heavy atom. The first-order valence-electron chi connectivity index (χ1n) is 6.19. The lowest BCUT2D eigenvalue weighted by Crippen LogP contribution is -2.20. The zero-order chi connectivity index (χ0) is 12.1. The van der Waals surface area contributed by atoms with E-state index in [4.69, 9.17) is 5.73 Å². The maximum Gasteiger partial charge on any atom is -0.000988 e. The molecular weight excluding hydrogens is 186 g/mol. The SMILES string of the molecule is CCCN(C)CC.CCN(C)CCCN. The van der Waals surface area contributed by atoms with Crippen molar-refractivity contribution in [2.45, 2.75) is 33.6 Å². The predicted molar refractivity (Wildman–Crippen MR) is 70.3 cm³/mol. The molecule has 0 saturated carbocycles. The van der Waals surface area contributed by atoms with Crippen molar-refractivity contribution in [2.24, 2.45) is 5.73 Å². The Hall–Kier alpha value is -0.120. The molecular formula is C12H31N3. The minimum atomic E-state index is 0.810. The highest BCUT2D eigenvalue weighted by molar-refractivity contribution is 4.46. The summed E-state index contributed by atoms with van der Waals surface area (Å²) >= 11 is 0. The van der Waals surface area contributed by atoms with E-state index in [2.05, 4.69) is 44.7 Å². The van der Waals surface area contributed by atoms with Gasteiger partial charge >= 0.3 is 0 Å². The maximum absolute atomic E-state index is 5.30. The monoisotopic (exact) mass is 217 g/mol. The van der Waals surface area contributed by atoms with Gasteiger partial charge in [0.15, 0.2) is 0 Å². The lowest BCUT2D eigenvalue weighted by molar-refractivity contribution is 0.349. The van der Waals surface area contributed by atoms with Gasteiger partial charge in [-0.05, 0) is 59.7 Å². The second kappa shape index (κ2) is 13.9. The zero-order valence-corrected chi connectivity index (χ0v) is 11.4.